The summed E-state index contributed by atoms with van der Waals surface area (Å²) in [6, 6.07) is 4.47. The van der Waals surface area contributed by atoms with Crippen LogP contribution in [0.15, 0.2) is 18.2 Å². The monoisotopic (exact) mass is 422 g/mol. The molecule has 9 nitrogen and oxygen atoms in total. The molecule has 0 saturated carbocycles. The molecule has 2 amide bonds. The van der Waals surface area contributed by atoms with E-state index in [1.54, 1.807) is 4.90 Å². The number of hydrogen-bond acceptors (Lipinski definition) is 7. The molecule has 0 aromatic heterocycles. The number of carbonyl (C=O) groups is 3. The van der Waals surface area contributed by atoms with E-state index in [1.807, 2.05) is 20.8 Å². The number of hydrogen-bond donors (Lipinski definition) is 1. The first-order valence-electron chi connectivity index (χ1n) is 9.90. The Morgan fingerprint density at radius 1 is 1.13 bits per heavy atom. The lowest BCUT2D eigenvalue weighted by Crippen LogP contribution is -2.44. The highest BCUT2D eigenvalue weighted by atomic mass is 16.5. The van der Waals surface area contributed by atoms with Crippen molar-refractivity contribution >= 4 is 17.8 Å². The van der Waals surface area contributed by atoms with E-state index in [0.717, 1.165) is 6.42 Å². The molecule has 1 saturated heterocycles. The van der Waals surface area contributed by atoms with Gasteiger partial charge in [-0.1, -0.05) is 6.92 Å². The molecule has 166 valence electrons. The summed E-state index contributed by atoms with van der Waals surface area (Å²) in [4.78, 5) is 38.1. The van der Waals surface area contributed by atoms with Gasteiger partial charge in [-0.25, -0.2) is 4.79 Å². The number of rotatable bonds is 9. The quantitative estimate of drug-likeness (QED) is 0.600. The van der Waals surface area contributed by atoms with Gasteiger partial charge >= 0.3 is 5.97 Å². The molecule has 0 bridgehead atoms. The zero-order valence-electron chi connectivity index (χ0n) is 18.0. The summed E-state index contributed by atoms with van der Waals surface area (Å²) in [5, 5.41) is 2.79. The zero-order chi connectivity index (χ0) is 22.1. The van der Waals surface area contributed by atoms with Crippen molar-refractivity contribution in [1.82, 2.24) is 10.2 Å². The van der Waals surface area contributed by atoms with Crippen molar-refractivity contribution in [3.8, 4) is 11.5 Å². The fourth-order valence-electron chi connectivity index (χ4n) is 2.67. The van der Waals surface area contributed by atoms with Crippen LogP contribution in [0.2, 0.25) is 0 Å². The lowest BCUT2D eigenvalue weighted by atomic mass is 10.0. The number of carbonyl (C=O) groups excluding carboxylic acids is 3. The third-order valence-corrected chi connectivity index (χ3v) is 4.81. The van der Waals surface area contributed by atoms with Crippen LogP contribution in [0.4, 0.5) is 0 Å². The molecule has 0 unspecified atom stereocenters. The Kier molecular flexibility index (Phi) is 8.46. The molecule has 0 atom stereocenters. The maximum atomic E-state index is 12.3. The summed E-state index contributed by atoms with van der Waals surface area (Å²) < 4.78 is 21.1. The molecule has 0 spiro atoms. The maximum absolute atomic E-state index is 12.3. The first kappa shape index (κ1) is 23.5. The van der Waals surface area contributed by atoms with Gasteiger partial charge in [0.25, 0.3) is 11.8 Å². The fourth-order valence-corrected chi connectivity index (χ4v) is 2.67. The second-order valence-electron chi connectivity index (χ2n) is 7.51. The number of amides is 2. The minimum absolute atomic E-state index is 0.145. The summed E-state index contributed by atoms with van der Waals surface area (Å²) in [5.74, 6) is -0.559. The third kappa shape index (κ3) is 6.91. The number of morpholine rings is 1. The van der Waals surface area contributed by atoms with Gasteiger partial charge in [-0.15, -0.1) is 0 Å². The third-order valence-electron chi connectivity index (χ3n) is 4.81. The average Bonchev–Trinajstić information content (AvgIpc) is 2.76. The maximum Gasteiger partial charge on any atom is 0.338 e. The molecule has 1 N–H and O–H groups in total. The largest absolute Gasteiger partial charge is 0.493 e. The number of ether oxygens (including phenoxy) is 4. The minimum atomic E-state index is -0.659. The molecule has 1 fully saturated rings. The van der Waals surface area contributed by atoms with Crippen LogP contribution in [0, 0.1) is 0 Å². The summed E-state index contributed by atoms with van der Waals surface area (Å²) in [6.07, 6.45) is 0.749. The molecule has 1 aliphatic heterocycles. The Bertz CT molecular complexity index is 758. The zero-order valence-corrected chi connectivity index (χ0v) is 18.0. The van der Waals surface area contributed by atoms with Gasteiger partial charge in [0.15, 0.2) is 24.7 Å². The second kappa shape index (κ2) is 10.8. The molecule has 1 aromatic carbocycles. The molecule has 0 radical (unpaired) electrons. The fraction of sp³-hybridized carbons (Fsp3) is 0.571. The Morgan fingerprint density at radius 3 is 2.47 bits per heavy atom. The summed E-state index contributed by atoms with van der Waals surface area (Å²) in [5.41, 5.74) is -0.161. The predicted octanol–water partition coefficient (Wildman–Crippen LogP) is 1.39. The number of benzene rings is 1. The number of nitrogens with zero attached hydrogens (tertiary/aromatic N) is 1. The van der Waals surface area contributed by atoms with Crippen molar-refractivity contribution in [2.75, 3.05) is 46.6 Å². The standard InChI is InChI=1S/C21H30N2O7/c1-5-21(2,3)22-18(24)13-30-20(26)15-6-7-16(17(12-15)27-4)29-14-19(25)23-8-10-28-11-9-23/h6-7,12H,5,8-11,13-14H2,1-4H3,(H,22,24). The number of methoxy groups -OCH3 is 1. The molecule has 2 rings (SSSR count). The summed E-state index contributed by atoms with van der Waals surface area (Å²) in [6.45, 7) is 7.31. The molecular formula is C21H30N2O7. The van der Waals surface area contributed by atoms with Crippen molar-refractivity contribution < 1.29 is 33.3 Å². The van der Waals surface area contributed by atoms with Crippen molar-refractivity contribution in [3.63, 3.8) is 0 Å². The van der Waals surface area contributed by atoms with Crippen molar-refractivity contribution in [2.45, 2.75) is 32.7 Å². The predicted molar refractivity (Wildman–Crippen MR) is 109 cm³/mol. The lowest BCUT2D eigenvalue weighted by Gasteiger charge is -2.26. The molecule has 1 aliphatic rings. The molecular weight excluding hydrogens is 392 g/mol. The molecule has 9 heteroatoms. The van der Waals surface area contributed by atoms with Crippen LogP contribution in [-0.4, -0.2) is 74.8 Å². The van der Waals surface area contributed by atoms with Gasteiger partial charge in [-0.3, -0.25) is 9.59 Å². The van der Waals surface area contributed by atoms with E-state index in [9.17, 15) is 14.4 Å². The second-order valence-corrected chi connectivity index (χ2v) is 7.51. The van der Waals surface area contributed by atoms with Crippen LogP contribution in [0.5, 0.6) is 11.5 Å². The Labute approximate surface area is 176 Å². The van der Waals surface area contributed by atoms with Crippen LogP contribution >= 0.6 is 0 Å². The molecule has 1 heterocycles. The molecule has 1 aromatic rings. The SMILES string of the molecule is CCC(C)(C)NC(=O)COC(=O)c1ccc(OCC(=O)N2CCOCC2)c(OC)c1. The topological polar surface area (TPSA) is 103 Å². The smallest absolute Gasteiger partial charge is 0.338 e. The molecule has 30 heavy (non-hydrogen) atoms. The summed E-state index contributed by atoms with van der Waals surface area (Å²) in [7, 11) is 1.43. The highest BCUT2D eigenvalue weighted by Crippen LogP contribution is 2.28. The van der Waals surface area contributed by atoms with Gasteiger partial charge in [0.1, 0.15) is 0 Å². The highest BCUT2D eigenvalue weighted by molar-refractivity contribution is 5.92. The van der Waals surface area contributed by atoms with Gasteiger partial charge < -0.3 is 29.2 Å². The normalized spacial score (nSPS) is 14.1. The van der Waals surface area contributed by atoms with Gasteiger partial charge in [0.2, 0.25) is 0 Å². The van der Waals surface area contributed by atoms with Gasteiger partial charge in [-0.2, -0.15) is 0 Å². The van der Waals surface area contributed by atoms with E-state index in [1.165, 1.54) is 25.3 Å². The van der Waals surface area contributed by atoms with Crippen LogP contribution < -0.4 is 14.8 Å². The number of nitrogens with one attached hydrogen (secondary N) is 1. The van der Waals surface area contributed by atoms with Crippen LogP contribution in [0.3, 0.4) is 0 Å². The van der Waals surface area contributed by atoms with E-state index < -0.39 is 5.97 Å². The van der Waals surface area contributed by atoms with Crippen molar-refractivity contribution in [1.29, 1.82) is 0 Å². The Morgan fingerprint density at radius 2 is 1.83 bits per heavy atom. The van der Waals surface area contributed by atoms with E-state index >= 15 is 0 Å². The van der Waals surface area contributed by atoms with Crippen LogP contribution in [0.25, 0.3) is 0 Å². The molecule has 0 aliphatic carbocycles. The summed E-state index contributed by atoms with van der Waals surface area (Å²) >= 11 is 0. The van der Waals surface area contributed by atoms with Gasteiger partial charge in [0.05, 0.1) is 25.9 Å². The van der Waals surface area contributed by atoms with Crippen molar-refractivity contribution in [3.05, 3.63) is 23.8 Å². The minimum Gasteiger partial charge on any atom is -0.493 e. The van der Waals surface area contributed by atoms with E-state index in [0.29, 0.717) is 32.1 Å². The van der Waals surface area contributed by atoms with Gasteiger partial charge in [-0.05, 0) is 38.5 Å². The average molecular weight is 422 g/mol. The first-order valence-corrected chi connectivity index (χ1v) is 9.90. The van der Waals surface area contributed by atoms with Gasteiger partial charge in [0, 0.05) is 18.6 Å². The van der Waals surface area contributed by atoms with E-state index in [2.05, 4.69) is 5.32 Å². The van der Waals surface area contributed by atoms with Crippen LogP contribution in [-0.2, 0) is 19.1 Å². The Balaban J connectivity index is 1.91. The highest BCUT2D eigenvalue weighted by Gasteiger charge is 2.21. The van der Waals surface area contributed by atoms with E-state index in [-0.39, 0.29) is 41.9 Å². The van der Waals surface area contributed by atoms with Crippen molar-refractivity contribution in [2.24, 2.45) is 0 Å². The Hall–Kier alpha value is -2.81. The lowest BCUT2D eigenvalue weighted by molar-refractivity contribution is -0.137. The number of esters is 1. The first-order chi connectivity index (χ1) is 14.3. The van der Waals surface area contributed by atoms with Crippen LogP contribution in [0.1, 0.15) is 37.6 Å². The van der Waals surface area contributed by atoms with E-state index in [4.69, 9.17) is 18.9 Å².